The molecule has 0 aliphatic carbocycles. The minimum Gasteiger partial charge on any atom is -0.441 e. The van der Waals surface area contributed by atoms with E-state index in [2.05, 4.69) is 15.6 Å². The van der Waals surface area contributed by atoms with Crippen LogP contribution in [-0.4, -0.2) is 28.8 Å². The van der Waals surface area contributed by atoms with Crippen molar-refractivity contribution >= 4 is 22.8 Å². The Kier molecular flexibility index (Phi) is 4.57. The number of carbonyl (C=O) groups is 1. The van der Waals surface area contributed by atoms with Crippen molar-refractivity contribution in [1.82, 2.24) is 10.3 Å². The second-order valence-corrected chi connectivity index (χ2v) is 4.69. The molecule has 2 rings (SSSR count). The third-order valence-electron chi connectivity index (χ3n) is 2.87. The topological polar surface area (TPSA) is 87.4 Å². The molecule has 3 N–H and O–H groups in total. The van der Waals surface area contributed by atoms with Crippen LogP contribution < -0.4 is 10.6 Å². The number of rotatable bonds is 5. The van der Waals surface area contributed by atoms with Gasteiger partial charge in [0.25, 0.3) is 0 Å². The minimum atomic E-state index is -0.508. The summed E-state index contributed by atoms with van der Waals surface area (Å²) in [6.45, 7) is 4.00. The highest BCUT2D eigenvalue weighted by Crippen LogP contribution is 2.19. The van der Waals surface area contributed by atoms with Gasteiger partial charge in [-0.3, -0.25) is 0 Å². The van der Waals surface area contributed by atoms with E-state index >= 15 is 0 Å². The molecule has 0 fully saturated rings. The van der Waals surface area contributed by atoms with E-state index in [1.807, 2.05) is 6.92 Å². The molecule has 0 aliphatic heterocycles. The van der Waals surface area contributed by atoms with Crippen molar-refractivity contribution in [3.05, 3.63) is 24.1 Å². The van der Waals surface area contributed by atoms with Gasteiger partial charge in [0.2, 0.25) is 0 Å². The highest BCUT2D eigenvalue weighted by atomic mass is 16.3. The van der Waals surface area contributed by atoms with Crippen molar-refractivity contribution in [3.8, 4) is 0 Å². The number of amides is 2. The molecule has 1 heterocycles. The number of aliphatic hydroxyl groups excluding tert-OH is 1. The first kappa shape index (κ1) is 14.3. The number of aliphatic hydroxyl groups is 1. The zero-order chi connectivity index (χ0) is 14.5. The Morgan fingerprint density at radius 1 is 1.50 bits per heavy atom. The molecule has 6 heteroatoms. The minimum absolute atomic E-state index is 0.241. The van der Waals surface area contributed by atoms with Crippen LogP contribution in [0.4, 0.5) is 10.5 Å². The van der Waals surface area contributed by atoms with Gasteiger partial charge in [-0.15, -0.1) is 0 Å². The Bertz CT molecular complexity index is 594. The molecule has 0 saturated heterocycles. The third kappa shape index (κ3) is 3.71. The van der Waals surface area contributed by atoms with E-state index in [0.29, 0.717) is 29.1 Å². The lowest BCUT2D eigenvalue weighted by atomic mass is 10.2. The van der Waals surface area contributed by atoms with Gasteiger partial charge in [0.15, 0.2) is 11.5 Å². The van der Waals surface area contributed by atoms with E-state index in [9.17, 15) is 9.90 Å². The lowest BCUT2D eigenvalue weighted by Crippen LogP contribution is -2.35. The summed E-state index contributed by atoms with van der Waals surface area (Å²) < 4.78 is 5.36. The third-order valence-corrected chi connectivity index (χ3v) is 2.87. The Labute approximate surface area is 117 Å². The number of fused-ring (bicyclic) bond motifs is 1. The molecule has 108 valence electrons. The van der Waals surface area contributed by atoms with E-state index in [1.165, 1.54) is 0 Å². The van der Waals surface area contributed by atoms with Crippen LogP contribution in [0.3, 0.4) is 0 Å². The molecule has 6 nitrogen and oxygen atoms in total. The number of oxazole rings is 1. The van der Waals surface area contributed by atoms with Gasteiger partial charge >= 0.3 is 6.03 Å². The van der Waals surface area contributed by atoms with Gasteiger partial charge < -0.3 is 20.2 Å². The van der Waals surface area contributed by atoms with E-state index in [-0.39, 0.29) is 12.6 Å². The average molecular weight is 277 g/mol. The van der Waals surface area contributed by atoms with Crippen LogP contribution in [0.2, 0.25) is 0 Å². The van der Waals surface area contributed by atoms with Gasteiger partial charge in [0, 0.05) is 19.2 Å². The van der Waals surface area contributed by atoms with Gasteiger partial charge in [0.05, 0.1) is 6.10 Å². The van der Waals surface area contributed by atoms with E-state index in [4.69, 9.17) is 4.42 Å². The summed E-state index contributed by atoms with van der Waals surface area (Å²) in [5, 5.41) is 14.9. The first-order valence-corrected chi connectivity index (χ1v) is 6.68. The quantitative estimate of drug-likeness (QED) is 0.783. The fourth-order valence-electron chi connectivity index (χ4n) is 1.94. The highest BCUT2D eigenvalue weighted by molar-refractivity contribution is 5.91. The van der Waals surface area contributed by atoms with Crippen LogP contribution in [0.1, 0.15) is 25.7 Å². The number of urea groups is 1. The first-order valence-electron chi connectivity index (χ1n) is 6.68. The molecule has 2 aromatic rings. The normalized spacial score (nSPS) is 12.3. The zero-order valence-electron chi connectivity index (χ0n) is 11.6. The maximum absolute atomic E-state index is 11.7. The lowest BCUT2D eigenvalue weighted by Gasteiger charge is -2.11. The van der Waals surface area contributed by atoms with Gasteiger partial charge in [0.1, 0.15) is 5.52 Å². The predicted octanol–water partition coefficient (Wildman–Crippen LogP) is 2.42. The summed E-state index contributed by atoms with van der Waals surface area (Å²) >= 11 is 0. The van der Waals surface area contributed by atoms with Crippen LogP contribution in [0.5, 0.6) is 0 Å². The number of aromatic nitrogens is 1. The Balaban J connectivity index is 1.92. The van der Waals surface area contributed by atoms with Crippen LogP contribution in [-0.2, 0) is 0 Å². The number of aryl methyl sites for hydroxylation is 1. The van der Waals surface area contributed by atoms with Crippen molar-refractivity contribution in [2.24, 2.45) is 0 Å². The summed E-state index contributed by atoms with van der Waals surface area (Å²) in [6, 6.07) is 4.90. The lowest BCUT2D eigenvalue weighted by molar-refractivity contribution is 0.162. The smallest absolute Gasteiger partial charge is 0.319 e. The fourth-order valence-corrected chi connectivity index (χ4v) is 1.94. The van der Waals surface area contributed by atoms with E-state index in [0.717, 1.165) is 6.42 Å². The summed E-state index contributed by atoms with van der Waals surface area (Å²) in [4.78, 5) is 15.9. The molecule has 1 atom stereocenters. The Morgan fingerprint density at radius 3 is 3.05 bits per heavy atom. The van der Waals surface area contributed by atoms with Crippen molar-refractivity contribution in [3.63, 3.8) is 0 Å². The van der Waals surface area contributed by atoms with Crippen LogP contribution in [0, 0.1) is 6.92 Å². The molecule has 0 bridgehead atoms. The fraction of sp³-hybridized carbons (Fsp3) is 0.429. The van der Waals surface area contributed by atoms with Crippen molar-refractivity contribution < 1.29 is 14.3 Å². The standard InChI is InChI=1S/C14H19N3O3/c1-3-4-11(18)8-15-14(19)17-10-5-6-13-12(7-10)16-9(2)20-13/h5-7,11,18H,3-4,8H2,1-2H3,(H2,15,17,19). The average Bonchev–Trinajstić information content (AvgIpc) is 2.76. The van der Waals surface area contributed by atoms with Gasteiger partial charge in [-0.05, 0) is 24.6 Å². The molecule has 0 saturated carbocycles. The molecule has 1 unspecified atom stereocenters. The number of hydrogen-bond donors (Lipinski definition) is 3. The first-order chi connectivity index (χ1) is 9.58. The number of benzene rings is 1. The summed E-state index contributed by atoms with van der Waals surface area (Å²) in [5.41, 5.74) is 2.02. The maximum atomic E-state index is 11.7. The summed E-state index contributed by atoms with van der Waals surface area (Å²) in [5.74, 6) is 0.587. The van der Waals surface area contributed by atoms with E-state index in [1.54, 1.807) is 25.1 Å². The number of carbonyl (C=O) groups excluding carboxylic acids is 1. The zero-order valence-corrected chi connectivity index (χ0v) is 11.6. The van der Waals surface area contributed by atoms with Crippen LogP contribution in [0.25, 0.3) is 11.1 Å². The van der Waals surface area contributed by atoms with Crippen molar-refractivity contribution in [2.45, 2.75) is 32.8 Å². The monoisotopic (exact) mass is 277 g/mol. The Morgan fingerprint density at radius 2 is 2.30 bits per heavy atom. The summed E-state index contributed by atoms with van der Waals surface area (Å²) in [6.07, 6.45) is 1.04. The van der Waals surface area contributed by atoms with Gasteiger partial charge in [-0.25, -0.2) is 9.78 Å². The number of hydrogen-bond acceptors (Lipinski definition) is 4. The second kappa shape index (κ2) is 6.38. The van der Waals surface area contributed by atoms with E-state index < -0.39 is 6.10 Å². The Hall–Kier alpha value is -2.08. The molecule has 0 radical (unpaired) electrons. The summed E-state index contributed by atoms with van der Waals surface area (Å²) in [7, 11) is 0. The highest BCUT2D eigenvalue weighted by Gasteiger charge is 2.08. The van der Waals surface area contributed by atoms with Gasteiger partial charge in [-0.1, -0.05) is 13.3 Å². The molecular formula is C14H19N3O3. The van der Waals surface area contributed by atoms with Crippen LogP contribution in [0.15, 0.2) is 22.6 Å². The largest absolute Gasteiger partial charge is 0.441 e. The molecule has 0 spiro atoms. The molecular weight excluding hydrogens is 258 g/mol. The number of anilines is 1. The molecule has 1 aromatic carbocycles. The second-order valence-electron chi connectivity index (χ2n) is 4.69. The maximum Gasteiger partial charge on any atom is 0.319 e. The molecule has 1 aromatic heterocycles. The number of nitrogens with zero attached hydrogens (tertiary/aromatic N) is 1. The number of nitrogens with one attached hydrogen (secondary N) is 2. The van der Waals surface area contributed by atoms with Crippen molar-refractivity contribution in [1.29, 1.82) is 0 Å². The predicted molar refractivity (Wildman–Crippen MR) is 76.7 cm³/mol. The van der Waals surface area contributed by atoms with Gasteiger partial charge in [-0.2, -0.15) is 0 Å². The molecule has 20 heavy (non-hydrogen) atoms. The molecule has 2 amide bonds. The van der Waals surface area contributed by atoms with Crippen LogP contribution >= 0.6 is 0 Å². The van der Waals surface area contributed by atoms with Crippen molar-refractivity contribution in [2.75, 3.05) is 11.9 Å². The molecule has 0 aliphatic rings. The SMILES string of the molecule is CCCC(O)CNC(=O)Nc1ccc2oc(C)nc2c1.